The van der Waals surface area contributed by atoms with Gasteiger partial charge in [-0.25, -0.2) is 13.4 Å². The Morgan fingerprint density at radius 1 is 1.20 bits per heavy atom. The lowest BCUT2D eigenvalue weighted by molar-refractivity contribution is -0.141. The zero-order valence-corrected chi connectivity index (χ0v) is 19.7. The molecule has 0 atom stereocenters. The number of ether oxygens (including phenoxy) is 1. The number of sulfonamides is 1. The average Bonchev–Trinajstić information content (AvgIpc) is 2.83. The van der Waals surface area contributed by atoms with Crippen LogP contribution in [0.5, 0.6) is 5.75 Å². The molecule has 0 aliphatic heterocycles. The zero-order valence-electron chi connectivity index (χ0n) is 18.1. The Labute approximate surface area is 204 Å². The predicted octanol–water partition coefficient (Wildman–Crippen LogP) is 4.27. The number of pyridine rings is 2. The van der Waals surface area contributed by atoms with E-state index in [0.717, 1.165) is 16.6 Å². The van der Waals surface area contributed by atoms with Gasteiger partial charge in [0.15, 0.2) is 0 Å². The lowest BCUT2D eigenvalue weighted by Gasteiger charge is -2.21. The van der Waals surface area contributed by atoms with Crippen molar-refractivity contribution >= 4 is 27.4 Å². The SMILES string of the molecule is CN(c1ccccn1)S(=O)(=O)c1cc(-c2cnc(C(F)(F)F)cc2C#N)c(Cl)cc1OCCCO. The Morgan fingerprint density at radius 2 is 1.94 bits per heavy atom. The van der Waals surface area contributed by atoms with Crippen LogP contribution in [-0.4, -0.2) is 43.8 Å². The van der Waals surface area contributed by atoms with Crippen LogP contribution in [-0.2, 0) is 16.2 Å². The maximum atomic E-state index is 13.5. The zero-order chi connectivity index (χ0) is 25.8. The predicted molar refractivity (Wildman–Crippen MR) is 121 cm³/mol. The highest BCUT2D eigenvalue weighted by Crippen LogP contribution is 2.40. The summed E-state index contributed by atoms with van der Waals surface area (Å²) in [5.74, 6) is -0.0485. The maximum Gasteiger partial charge on any atom is 0.433 e. The number of benzene rings is 1. The van der Waals surface area contributed by atoms with Gasteiger partial charge in [-0.05, 0) is 24.3 Å². The third-order valence-electron chi connectivity index (χ3n) is 4.81. The summed E-state index contributed by atoms with van der Waals surface area (Å²) >= 11 is 6.34. The molecule has 1 aromatic carbocycles. The highest BCUT2D eigenvalue weighted by atomic mass is 35.5. The molecular weight excluding hydrogens is 509 g/mol. The van der Waals surface area contributed by atoms with E-state index in [0.29, 0.717) is 6.07 Å². The first kappa shape index (κ1) is 26.2. The van der Waals surface area contributed by atoms with Crippen molar-refractivity contribution in [1.29, 1.82) is 5.26 Å². The molecule has 0 bridgehead atoms. The first-order valence-electron chi connectivity index (χ1n) is 9.95. The van der Waals surface area contributed by atoms with Crippen molar-refractivity contribution in [3.8, 4) is 22.9 Å². The molecule has 1 N–H and O–H groups in total. The number of anilines is 1. The Morgan fingerprint density at radius 3 is 2.54 bits per heavy atom. The van der Waals surface area contributed by atoms with Crippen molar-refractivity contribution in [2.75, 3.05) is 24.6 Å². The highest BCUT2D eigenvalue weighted by Gasteiger charge is 2.34. The second kappa shape index (κ2) is 10.5. The van der Waals surface area contributed by atoms with Crippen molar-refractivity contribution in [3.63, 3.8) is 0 Å². The van der Waals surface area contributed by atoms with Gasteiger partial charge in [0.25, 0.3) is 10.0 Å². The summed E-state index contributed by atoms with van der Waals surface area (Å²) in [5, 5.41) is 18.4. The van der Waals surface area contributed by atoms with E-state index in [1.807, 2.05) is 0 Å². The van der Waals surface area contributed by atoms with Gasteiger partial charge in [-0.15, -0.1) is 0 Å². The van der Waals surface area contributed by atoms with Gasteiger partial charge in [0.05, 0.1) is 23.3 Å². The van der Waals surface area contributed by atoms with Crippen LogP contribution >= 0.6 is 11.6 Å². The van der Waals surface area contributed by atoms with Crippen LogP contribution in [0.25, 0.3) is 11.1 Å². The number of nitrogens with zero attached hydrogens (tertiary/aromatic N) is 4. The van der Waals surface area contributed by atoms with E-state index in [4.69, 9.17) is 21.4 Å². The Kier molecular flexibility index (Phi) is 7.84. The monoisotopic (exact) mass is 526 g/mol. The van der Waals surface area contributed by atoms with Crippen molar-refractivity contribution in [2.45, 2.75) is 17.5 Å². The second-order valence-electron chi connectivity index (χ2n) is 7.09. The Hall–Kier alpha value is -3.40. The van der Waals surface area contributed by atoms with Gasteiger partial charge in [0.1, 0.15) is 22.2 Å². The minimum absolute atomic E-state index is 0.0344. The highest BCUT2D eigenvalue weighted by molar-refractivity contribution is 7.92. The fraction of sp³-hybridized carbons (Fsp3) is 0.227. The van der Waals surface area contributed by atoms with Crippen LogP contribution in [0.15, 0.2) is 53.7 Å². The largest absolute Gasteiger partial charge is 0.492 e. The molecule has 0 aliphatic rings. The van der Waals surface area contributed by atoms with Crippen molar-refractivity contribution < 1.29 is 31.4 Å². The van der Waals surface area contributed by atoms with Gasteiger partial charge in [0, 0.05) is 49.7 Å². The molecule has 3 rings (SSSR count). The molecule has 184 valence electrons. The number of hydrogen-bond acceptors (Lipinski definition) is 7. The molecule has 0 unspecified atom stereocenters. The first-order valence-corrected chi connectivity index (χ1v) is 11.8. The third kappa shape index (κ3) is 5.64. The van der Waals surface area contributed by atoms with E-state index in [9.17, 15) is 26.9 Å². The molecule has 0 fully saturated rings. The molecule has 2 aromatic heterocycles. The first-order chi connectivity index (χ1) is 16.5. The van der Waals surface area contributed by atoms with E-state index in [1.165, 1.54) is 25.4 Å². The second-order valence-corrected chi connectivity index (χ2v) is 9.43. The fourth-order valence-corrected chi connectivity index (χ4v) is 4.57. The number of aliphatic hydroxyl groups excluding tert-OH is 1. The maximum absolute atomic E-state index is 13.5. The van der Waals surface area contributed by atoms with E-state index in [2.05, 4.69) is 9.97 Å². The molecule has 0 aliphatic carbocycles. The number of halogens is 4. The molecule has 13 heteroatoms. The molecule has 2 heterocycles. The molecule has 0 radical (unpaired) electrons. The van der Waals surface area contributed by atoms with Crippen molar-refractivity contribution in [2.24, 2.45) is 0 Å². The standard InChI is InChI=1S/C22H18ClF3N4O4S/c1-30(21-5-2-3-6-28-21)35(32,33)19-10-15(17(23)11-18(19)34-8-4-7-31)16-13-29-20(22(24,25)26)9-14(16)12-27/h2-3,5-6,9-11,13,31H,4,7-8H2,1H3. The topological polar surface area (TPSA) is 116 Å². The molecular formula is C22H18ClF3N4O4S. The smallest absolute Gasteiger partial charge is 0.433 e. The minimum atomic E-state index is -4.78. The van der Waals surface area contributed by atoms with Crippen LogP contribution in [0, 0.1) is 11.3 Å². The van der Waals surface area contributed by atoms with Gasteiger partial charge in [0.2, 0.25) is 0 Å². The number of aromatic nitrogens is 2. The number of alkyl halides is 3. The van der Waals surface area contributed by atoms with Crippen molar-refractivity contribution in [1.82, 2.24) is 9.97 Å². The van der Waals surface area contributed by atoms with Crippen LogP contribution in [0.1, 0.15) is 17.7 Å². The van der Waals surface area contributed by atoms with Crippen LogP contribution in [0.2, 0.25) is 5.02 Å². The van der Waals surface area contributed by atoms with E-state index in [1.54, 1.807) is 18.2 Å². The Balaban J connectivity index is 2.21. The summed E-state index contributed by atoms with van der Waals surface area (Å²) in [6.07, 6.45) is -2.36. The summed E-state index contributed by atoms with van der Waals surface area (Å²) in [6, 6.07) is 9.19. The normalized spacial score (nSPS) is 11.7. The van der Waals surface area contributed by atoms with Gasteiger partial charge >= 0.3 is 6.18 Å². The molecule has 0 saturated carbocycles. The molecule has 0 spiro atoms. The fourth-order valence-electron chi connectivity index (χ4n) is 3.03. The third-order valence-corrected chi connectivity index (χ3v) is 6.90. The summed E-state index contributed by atoms with van der Waals surface area (Å²) < 4.78 is 72.6. The molecule has 8 nitrogen and oxygen atoms in total. The van der Waals surface area contributed by atoms with E-state index >= 15 is 0 Å². The van der Waals surface area contributed by atoms with Gasteiger partial charge < -0.3 is 9.84 Å². The van der Waals surface area contributed by atoms with Gasteiger partial charge in [-0.3, -0.25) is 9.29 Å². The number of rotatable bonds is 8. The summed E-state index contributed by atoms with van der Waals surface area (Å²) in [4.78, 5) is 7.02. The molecule has 35 heavy (non-hydrogen) atoms. The summed E-state index contributed by atoms with van der Waals surface area (Å²) in [7, 11) is -3.05. The molecule has 3 aromatic rings. The van der Waals surface area contributed by atoms with E-state index < -0.39 is 27.5 Å². The lowest BCUT2D eigenvalue weighted by Crippen LogP contribution is -2.28. The quantitative estimate of drug-likeness (QED) is 0.435. The van der Waals surface area contributed by atoms with Crippen molar-refractivity contribution in [3.05, 3.63) is 65.1 Å². The van der Waals surface area contributed by atoms with Crippen LogP contribution in [0.4, 0.5) is 19.0 Å². The van der Waals surface area contributed by atoms with Crippen LogP contribution in [0.3, 0.4) is 0 Å². The number of aliphatic hydroxyl groups is 1. The lowest BCUT2D eigenvalue weighted by atomic mass is 10.0. The number of nitriles is 1. The molecule has 0 amide bonds. The minimum Gasteiger partial charge on any atom is -0.492 e. The van der Waals surface area contributed by atoms with Crippen LogP contribution < -0.4 is 9.04 Å². The van der Waals surface area contributed by atoms with Gasteiger partial charge in [-0.2, -0.15) is 18.4 Å². The number of hydrogen-bond donors (Lipinski definition) is 1. The average molecular weight is 527 g/mol. The summed E-state index contributed by atoms with van der Waals surface area (Å²) in [6.45, 7) is -0.238. The van der Waals surface area contributed by atoms with E-state index in [-0.39, 0.29) is 52.2 Å². The Bertz CT molecular complexity index is 1360. The van der Waals surface area contributed by atoms with Gasteiger partial charge in [-0.1, -0.05) is 17.7 Å². The molecule has 0 saturated heterocycles. The summed E-state index contributed by atoms with van der Waals surface area (Å²) in [5.41, 5.74) is -1.80.